The molecule has 11 heteroatoms. The van der Waals surface area contributed by atoms with Crippen LogP contribution in [0.3, 0.4) is 0 Å². The fourth-order valence-corrected chi connectivity index (χ4v) is 4.13. The van der Waals surface area contributed by atoms with E-state index in [2.05, 4.69) is 20.4 Å². The minimum absolute atomic E-state index is 0.150. The molecule has 28 heavy (non-hydrogen) atoms. The maximum Gasteiger partial charge on any atom is 0.240 e. The van der Waals surface area contributed by atoms with Crippen molar-refractivity contribution in [2.24, 2.45) is 0 Å². The molecule has 0 saturated carbocycles. The van der Waals surface area contributed by atoms with Gasteiger partial charge in [-0.05, 0) is 18.2 Å². The largest absolute Gasteiger partial charge is 0.373 e. The van der Waals surface area contributed by atoms with E-state index in [-0.39, 0.29) is 12.5 Å². The van der Waals surface area contributed by atoms with Gasteiger partial charge in [0.05, 0.1) is 24.8 Å². The van der Waals surface area contributed by atoms with Gasteiger partial charge in [0.25, 0.3) is 0 Å². The Hall–Kier alpha value is -2.04. The number of nitrogens with one attached hydrogen (secondary N) is 1. The number of amides is 1. The van der Waals surface area contributed by atoms with Crippen LogP contribution in [0.2, 0.25) is 10.0 Å². The molecule has 1 N–H and O–H groups in total. The second kappa shape index (κ2) is 8.54. The standard InChI is InChI=1S/C17H15Cl2N6O2S/c18-11-1-2-12(13(19)7-11)15-16(25-10-20-9-21-25)28-17(23-15)22-14(26)8-24-3-5-27-6-4-24/h1-2,5,7,9-10H,3-4,6,8H2,(H,22,23,26). The van der Waals surface area contributed by atoms with E-state index in [1.54, 1.807) is 35.8 Å². The molecular weight excluding hydrogens is 423 g/mol. The van der Waals surface area contributed by atoms with Gasteiger partial charge in [-0.2, -0.15) is 5.10 Å². The number of benzene rings is 1. The number of halogens is 2. The summed E-state index contributed by atoms with van der Waals surface area (Å²) in [6.07, 6.45) is 3.00. The topological polar surface area (TPSA) is 85.2 Å². The molecule has 0 bridgehead atoms. The summed E-state index contributed by atoms with van der Waals surface area (Å²) in [5, 5.41) is 9.16. The van der Waals surface area contributed by atoms with Crippen molar-refractivity contribution < 1.29 is 9.53 Å². The Morgan fingerprint density at radius 3 is 2.96 bits per heavy atom. The number of carbonyl (C=O) groups excluding carboxylic acids is 1. The van der Waals surface area contributed by atoms with Crippen LogP contribution in [0.1, 0.15) is 0 Å². The van der Waals surface area contributed by atoms with Gasteiger partial charge >= 0.3 is 0 Å². The number of rotatable bonds is 5. The lowest BCUT2D eigenvalue weighted by atomic mass is 10.1. The molecule has 3 aromatic rings. The summed E-state index contributed by atoms with van der Waals surface area (Å²) in [5.74, 6) is -0.150. The van der Waals surface area contributed by atoms with E-state index < -0.39 is 0 Å². The van der Waals surface area contributed by atoms with Gasteiger partial charge in [0.1, 0.15) is 23.3 Å². The van der Waals surface area contributed by atoms with E-state index >= 15 is 0 Å². The van der Waals surface area contributed by atoms with Crippen LogP contribution in [0.25, 0.3) is 16.3 Å². The average Bonchev–Trinajstić information content (AvgIpc) is 3.32. The van der Waals surface area contributed by atoms with Gasteiger partial charge in [-0.15, -0.1) is 0 Å². The molecule has 3 heterocycles. The lowest BCUT2D eigenvalue weighted by Gasteiger charge is -2.25. The molecule has 8 nitrogen and oxygen atoms in total. The van der Waals surface area contributed by atoms with E-state index in [4.69, 9.17) is 27.9 Å². The van der Waals surface area contributed by atoms with E-state index in [1.807, 2.05) is 4.90 Å². The summed E-state index contributed by atoms with van der Waals surface area (Å²) < 4.78 is 6.77. The van der Waals surface area contributed by atoms with Crippen LogP contribution in [-0.4, -0.2) is 56.8 Å². The molecule has 1 saturated heterocycles. The molecule has 0 atom stereocenters. The lowest BCUT2D eigenvalue weighted by Crippen LogP contribution is -2.39. The summed E-state index contributed by atoms with van der Waals surface area (Å²) >= 11 is 13.7. The first-order chi connectivity index (χ1) is 13.6. The first-order valence-electron chi connectivity index (χ1n) is 8.37. The zero-order valence-corrected chi connectivity index (χ0v) is 16.8. The van der Waals surface area contributed by atoms with Crippen LogP contribution >= 0.6 is 34.5 Å². The highest BCUT2D eigenvalue weighted by atomic mass is 35.5. The van der Waals surface area contributed by atoms with E-state index in [1.165, 1.54) is 17.7 Å². The molecule has 1 aliphatic rings. The Labute approximate surface area is 175 Å². The highest BCUT2D eigenvalue weighted by Gasteiger charge is 2.20. The highest BCUT2D eigenvalue weighted by Crippen LogP contribution is 2.38. The maximum atomic E-state index is 12.4. The Morgan fingerprint density at radius 2 is 2.25 bits per heavy atom. The predicted octanol–water partition coefficient (Wildman–Crippen LogP) is 3.13. The first kappa shape index (κ1) is 19.3. The molecule has 2 aromatic heterocycles. The van der Waals surface area contributed by atoms with Crippen molar-refractivity contribution in [3.05, 3.63) is 47.5 Å². The van der Waals surface area contributed by atoms with E-state index in [0.29, 0.717) is 51.1 Å². The summed E-state index contributed by atoms with van der Waals surface area (Å²) in [7, 11) is 0. The maximum absolute atomic E-state index is 12.4. The van der Waals surface area contributed by atoms with Gasteiger partial charge < -0.3 is 10.1 Å². The van der Waals surface area contributed by atoms with Gasteiger partial charge in [-0.25, -0.2) is 14.6 Å². The molecule has 0 aliphatic carbocycles. The molecule has 1 amide bonds. The van der Waals surface area contributed by atoms with Crippen molar-refractivity contribution in [3.8, 4) is 16.3 Å². The molecule has 1 aromatic carbocycles. The first-order valence-corrected chi connectivity index (χ1v) is 9.94. The van der Waals surface area contributed by atoms with Crippen molar-refractivity contribution in [2.75, 3.05) is 31.6 Å². The molecule has 1 fully saturated rings. The third kappa shape index (κ3) is 4.34. The SMILES string of the molecule is O=C(CN1C[CH]OCC1)Nc1nc(-c2ccc(Cl)cc2Cl)c(-n2cncn2)s1. The van der Waals surface area contributed by atoms with Gasteiger partial charge in [-0.3, -0.25) is 9.69 Å². The molecule has 145 valence electrons. The van der Waals surface area contributed by atoms with Crippen LogP contribution in [-0.2, 0) is 9.53 Å². The smallest absolute Gasteiger partial charge is 0.240 e. The second-order valence-corrected chi connectivity index (χ2v) is 7.78. The van der Waals surface area contributed by atoms with Crippen LogP contribution in [0, 0.1) is 6.61 Å². The molecule has 1 aliphatic heterocycles. The Kier molecular flexibility index (Phi) is 5.88. The number of anilines is 1. The summed E-state index contributed by atoms with van der Waals surface area (Å²) in [4.78, 5) is 23.0. The van der Waals surface area contributed by atoms with Crippen molar-refractivity contribution >= 4 is 45.6 Å². The molecule has 0 spiro atoms. The third-order valence-electron chi connectivity index (χ3n) is 4.01. The van der Waals surface area contributed by atoms with Crippen LogP contribution in [0.4, 0.5) is 5.13 Å². The Morgan fingerprint density at radius 1 is 1.36 bits per heavy atom. The molecular formula is C17H15Cl2N6O2S. The number of hydrogen-bond acceptors (Lipinski definition) is 7. The van der Waals surface area contributed by atoms with Gasteiger partial charge in [0, 0.05) is 23.7 Å². The minimum Gasteiger partial charge on any atom is -0.373 e. The zero-order chi connectivity index (χ0) is 19.5. The number of aromatic nitrogens is 4. The van der Waals surface area contributed by atoms with E-state index in [9.17, 15) is 4.79 Å². The molecule has 1 radical (unpaired) electrons. The van der Waals surface area contributed by atoms with Crippen LogP contribution < -0.4 is 5.32 Å². The fourth-order valence-electron chi connectivity index (χ4n) is 2.71. The van der Waals surface area contributed by atoms with Gasteiger partial charge in [0.15, 0.2) is 5.13 Å². The predicted molar refractivity (Wildman–Crippen MR) is 108 cm³/mol. The Bertz CT molecular complexity index is 972. The third-order valence-corrected chi connectivity index (χ3v) is 5.52. The lowest BCUT2D eigenvalue weighted by molar-refractivity contribution is -0.117. The van der Waals surface area contributed by atoms with Crippen molar-refractivity contribution in [1.29, 1.82) is 0 Å². The second-order valence-electron chi connectivity index (χ2n) is 5.96. The number of morpholine rings is 1. The van der Waals surface area contributed by atoms with Crippen LogP contribution in [0.5, 0.6) is 0 Å². The van der Waals surface area contributed by atoms with Gasteiger partial charge in [-0.1, -0.05) is 34.5 Å². The van der Waals surface area contributed by atoms with Gasteiger partial charge in [0.2, 0.25) is 5.91 Å². The van der Waals surface area contributed by atoms with Crippen molar-refractivity contribution in [2.45, 2.75) is 0 Å². The number of nitrogens with zero attached hydrogens (tertiary/aromatic N) is 5. The molecule has 4 rings (SSSR count). The summed E-state index contributed by atoms with van der Waals surface area (Å²) in [6, 6.07) is 5.17. The monoisotopic (exact) mass is 437 g/mol. The zero-order valence-electron chi connectivity index (χ0n) is 14.5. The average molecular weight is 438 g/mol. The number of hydrogen-bond donors (Lipinski definition) is 1. The molecule has 0 unspecified atom stereocenters. The summed E-state index contributed by atoms with van der Waals surface area (Å²) in [6.45, 7) is 3.86. The van der Waals surface area contributed by atoms with Crippen molar-refractivity contribution in [1.82, 2.24) is 24.6 Å². The quantitative estimate of drug-likeness (QED) is 0.659. The van der Waals surface area contributed by atoms with Crippen molar-refractivity contribution in [3.63, 3.8) is 0 Å². The normalized spacial score (nSPS) is 14.9. The number of ether oxygens (including phenoxy) is 1. The van der Waals surface area contributed by atoms with Crippen LogP contribution in [0.15, 0.2) is 30.9 Å². The highest BCUT2D eigenvalue weighted by molar-refractivity contribution is 7.18. The summed E-state index contributed by atoms with van der Waals surface area (Å²) in [5.41, 5.74) is 1.28. The fraction of sp³-hybridized carbons (Fsp3) is 0.235. The minimum atomic E-state index is -0.150. The van der Waals surface area contributed by atoms with E-state index in [0.717, 1.165) is 0 Å². The number of carbonyl (C=O) groups is 1. The number of thiazole rings is 1. The Balaban J connectivity index is 1.61.